The fraction of sp³-hybridized carbons (Fsp3) is 0.364. The van der Waals surface area contributed by atoms with Crippen LogP contribution in [0.2, 0.25) is 0 Å². The smallest absolute Gasteiger partial charge is 0.308 e. The van der Waals surface area contributed by atoms with E-state index >= 15 is 0 Å². The van der Waals surface area contributed by atoms with Crippen LogP contribution in [0, 0.1) is 0 Å². The third-order valence-electron chi connectivity index (χ3n) is 1.72. The SMILES string of the molecule is CCC(=O)OC(C)Oc1ccc(O)cc1. The summed E-state index contributed by atoms with van der Waals surface area (Å²) in [6, 6.07) is 6.21. The first-order chi connectivity index (χ1) is 7.11. The Hall–Kier alpha value is -1.71. The van der Waals surface area contributed by atoms with E-state index in [2.05, 4.69) is 0 Å². The molecule has 1 unspecified atom stereocenters. The fourth-order valence-corrected chi connectivity index (χ4v) is 1.01. The van der Waals surface area contributed by atoms with Crippen molar-refractivity contribution in [3.63, 3.8) is 0 Å². The number of carbonyl (C=O) groups excluding carboxylic acids is 1. The van der Waals surface area contributed by atoms with Gasteiger partial charge >= 0.3 is 5.97 Å². The quantitative estimate of drug-likeness (QED) is 0.610. The van der Waals surface area contributed by atoms with Crippen LogP contribution in [0.4, 0.5) is 0 Å². The minimum atomic E-state index is -0.623. The summed E-state index contributed by atoms with van der Waals surface area (Å²) in [5.74, 6) is 0.408. The maximum Gasteiger partial charge on any atom is 0.308 e. The first kappa shape index (κ1) is 11.4. The minimum Gasteiger partial charge on any atom is -0.508 e. The summed E-state index contributed by atoms with van der Waals surface area (Å²) < 4.78 is 10.2. The van der Waals surface area contributed by atoms with Crippen molar-refractivity contribution in [3.05, 3.63) is 24.3 Å². The highest BCUT2D eigenvalue weighted by atomic mass is 16.7. The van der Waals surface area contributed by atoms with Crippen molar-refractivity contribution in [2.75, 3.05) is 0 Å². The molecule has 1 rings (SSSR count). The lowest BCUT2D eigenvalue weighted by Crippen LogP contribution is -2.20. The molecule has 82 valence electrons. The molecule has 0 amide bonds. The van der Waals surface area contributed by atoms with Gasteiger partial charge in [-0.15, -0.1) is 0 Å². The molecular formula is C11H14O4. The molecule has 1 aromatic rings. The average Bonchev–Trinajstić information content (AvgIpc) is 2.21. The number of benzene rings is 1. The van der Waals surface area contributed by atoms with Crippen molar-refractivity contribution in [2.45, 2.75) is 26.6 Å². The van der Waals surface area contributed by atoms with Gasteiger partial charge in [-0.05, 0) is 24.3 Å². The molecule has 1 N–H and O–H groups in total. The monoisotopic (exact) mass is 210 g/mol. The van der Waals surface area contributed by atoms with E-state index in [1.807, 2.05) is 0 Å². The number of phenolic OH excluding ortho intramolecular Hbond substituents is 1. The number of carbonyl (C=O) groups is 1. The van der Waals surface area contributed by atoms with Gasteiger partial charge in [-0.3, -0.25) is 4.79 Å². The van der Waals surface area contributed by atoms with Crippen molar-refractivity contribution in [2.24, 2.45) is 0 Å². The van der Waals surface area contributed by atoms with Gasteiger partial charge in [0.25, 0.3) is 0 Å². The van der Waals surface area contributed by atoms with E-state index in [1.54, 1.807) is 26.0 Å². The second kappa shape index (κ2) is 5.24. The molecule has 1 atom stereocenters. The molecule has 4 heteroatoms. The number of esters is 1. The molecule has 0 bridgehead atoms. The number of hydrogen-bond donors (Lipinski definition) is 1. The second-order valence-corrected chi connectivity index (χ2v) is 3.02. The highest BCUT2D eigenvalue weighted by molar-refractivity contribution is 5.68. The zero-order valence-corrected chi connectivity index (χ0v) is 8.77. The highest BCUT2D eigenvalue weighted by Gasteiger charge is 2.08. The van der Waals surface area contributed by atoms with Crippen molar-refractivity contribution < 1.29 is 19.4 Å². The minimum absolute atomic E-state index is 0.167. The Bertz CT molecular complexity index is 318. The lowest BCUT2D eigenvalue weighted by Gasteiger charge is -2.14. The largest absolute Gasteiger partial charge is 0.508 e. The van der Waals surface area contributed by atoms with E-state index in [9.17, 15) is 4.79 Å². The first-order valence-corrected chi connectivity index (χ1v) is 4.77. The number of phenols is 1. The first-order valence-electron chi connectivity index (χ1n) is 4.77. The van der Waals surface area contributed by atoms with Crippen LogP contribution in [-0.4, -0.2) is 17.4 Å². The topological polar surface area (TPSA) is 55.8 Å². The van der Waals surface area contributed by atoms with Crippen LogP contribution in [0.5, 0.6) is 11.5 Å². The molecule has 15 heavy (non-hydrogen) atoms. The van der Waals surface area contributed by atoms with Crippen LogP contribution in [0.15, 0.2) is 24.3 Å². The van der Waals surface area contributed by atoms with Gasteiger partial charge < -0.3 is 14.6 Å². The Morgan fingerprint density at radius 2 is 2.00 bits per heavy atom. The molecule has 0 aliphatic carbocycles. The van der Waals surface area contributed by atoms with Gasteiger partial charge in [0.15, 0.2) is 0 Å². The normalized spacial score (nSPS) is 11.9. The van der Waals surface area contributed by atoms with Crippen LogP contribution in [-0.2, 0) is 9.53 Å². The van der Waals surface area contributed by atoms with Crippen molar-refractivity contribution >= 4 is 5.97 Å². The summed E-state index contributed by atoms with van der Waals surface area (Å²) in [6.07, 6.45) is -0.300. The number of aromatic hydroxyl groups is 1. The predicted octanol–water partition coefficient (Wildman–Crippen LogP) is 2.07. The standard InChI is InChI=1S/C11H14O4/c1-3-11(13)15-8(2)14-10-6-4-9(12)5-7-10/h4-8,12H,3H2,1-2H3. The van der Waals surface area contributed by atoms with Gasteiger partial charge in [-0.1, -0.05) is 6.92 Å². The Kier molecular flexibility index (Phi) is 3.97. The molecule has 1 aromatic carbocycles. The van der Waals surface area contributed by atoms with Crippen molar-refractivity contribution in [1.29, 1.82) is 0 Å². The molecule has 0 radical (unpaired) electrons. The van der Waals surface area contributed by atoms with Crippen LogP contribution in [0.25, 0.3) is 0 Å². The summed E-state index contributed by atoms with van der Waals surface area (Å²) in [5.41, 5.74) is 0. The molecule has 0 fully saturated rings. The highest BCUT2D eigenvalue weighted by Crippen LogP contribution is 2.17. The molecule has 0 heterocycles. The number of rotatable bonds is 4. The lowest BCUT2D eigenvalue weighted by atomic mass is 10.3. The average molecular weight is 210 g/mol. The van der Waals surface area contributed by atoms with Gasteiger partial charge in [0.1, 0.15) is 11.5 Å². The predicted molar refractivity (Wildman–Crippen MR) is 54.6 cm³/mol. The van der Waals surface area contributed by atoms with E-state index in [0.717, 1.165) is 0 Å². The summed E-state index contributed by atoms with van der Waals surface area (Å²) >= 11 is 0. The van der Waals surface area contributed by atoms with Gasteiger partial charge in [-0.2, -0.15) is 0 Å². The molecule has 0 saturated carbocycles. The van der Waals surface area contributed by atoms with Crippen molar-refractivity contribution in [3.8, 4) is 11.5 Å². The van der Waals surface area contributed by atoms with Gasteiger partial charge in [0.05, 0.1) is 0 Å². The molecule has 0 aliphatic heterocycles. The summed E-state index contributed by atoms with van der Waals surface area (Å²) in [5, 5.41) is 9.03. The molecule has 4 nitrogen and oxygen atoms in total. The molecular weight excluding hydrogens is 196 g/mol. The molecule has 0 aliphatic rings. The Morgan fingerprint density at radius 3 is 2.53 bits per heavy atom. The van der Waals surface area contributed by atoms with E-state index in [4.69, 9.17) is 14.6 Å². The zero-order chi connectivity index (χ0) is 11.3. The Balaban J connectivity index is 2.47. The summed E-state index contributed by atoms with van der Waals surface area (Å²) in [6.45, 7) is 3.36. The third kappa shape index (κ3) is 3.89. The Morgan fingerprint density at radius 1 is 1.40 bits per heavy atom. The second-order valence-electron chi connectivity index (χ2n) is 3.02. The molecule has 0 aromatic heterocycles. The van der Waals surface area contributed by atoms with Crippen molar-refractivity contribution in [1.82, 2.24) is 0 Å². The zero-order valence-electron chi connectivity index (χ0n) is 8.77. The van der Waals surface area contributed by atoms with E-state index in [1.165, 1.54) is 12.1 Å². The van der Waals surface area contributed by atoms with Gasteiger partial charge in [0, 0.05) is 13.3 Å². The van der Waals surface area contributed by atoms with Crippen LogP contribution in [0.3, 0.4) is 0 Å². The Labute approximate surface area is 88.4 Å². The molecule has 0 spiro atoms. The summed E-state index contributed by atoms with van der Waals surface area (Å²) in [4.78, 5) is 10.9. The van der Waals surface area contributed by atoms with E-state index in [-0.39, 0.29) is 11.7 Å². The maximum absolute atomic E-state index is 10.9. The van der Waals surface area contributed by atoms with E-state index in [0.29, 0.717) is 12.2 Å². The maximum atomic E-state index is 10.9. The number of hydrogen-bond acceptors (Lipinski definition) is 4. The van der Waals surface area contributed by atoms with E-state index < -0.39 is 6.29 Å². The van der Waals surface area contributed by atoms with Gasteiger partial charge in [0.2, 0.25) is 6.29 Å². The number of ether oxygens (including phenoxy) is 2. The van der Waals surface area contributed by atoms with Crippen LogP contribution in [0.1, 0.15) is 20.3 Å². The lowest BCUT2D eigenvalue weighted by molar-refractivity contribution is -0.160. The van der Waals surface area contributed by atoms with Crippen LogP contribution < -0.4 is 4.74 Å². The molecule has 0 saturated heterocycles. The van der Waals surface area contributed by atoms with Crippen LogP contribution >= 0.6 is 0 Å². The summed E-state index contributed by atoms with van der Waals surface area (Å²) in [7, 11) is 0. The fourth-order valence-electron chi connectivity index (χ4n) is 1.01. The van der Waals surface area contributed by atoms with Gasteiger partial charge in [-0.25, -0.2) is 0 Å². The third-order valence-corrected chi connectivity index (χ3v) is 1.72.